The highest BCUT2D eigenvalue weighted by Gasteiger charge is 2.36. The zero-order valence-electron chi connectivity index (χ0n) is 21.8. The van der Waals surface area contributed by atoms with E-state index in [9.17, 15) is 4.39 Å². The highest BCUT2D eigenvalue weighted by atomic mass is 19.1. The number of hydrogen-bond acceptors (Lipinski definition) is 6. The van der Waals surface area contributed by atoms with E-state index < -0.39 is 5.82 Å². The molecule has 2 aliphatic heterocycles. The molecule has 1 aromatic heterocycles. The Morgan fingerprint density at radius 2 is 2.03 bits per heavy atom. The number of aryl methyl sites for hydroxylation is 2. The maximum Gasteiger partial charge on any atom is 0.219 e. The number of halogens is 1. The predicted molar refractivity (Wildman–Crippen MR) is 141 cm³/mol. The molecule has 0 saturated carbocycles. The zero-order valence-corrected chi connectivity index (χ0v) is 21.8. The second-order valence-electron chi connectivity index (χ2n) is 9.07. The van der Waals surface area contributed by atoms with Crippen molar-refractivity contribution < 1.29 is 13.9 Å². The Bertz CT molecular complexity index is 1180. The molecule has 1 atom stereocenters. The van der Waals surface area contributed by atoms with Crippen molar-refractivity contribution in [2.45, 2.75) is 60.1 Å². The van der Waals surface area contributed by atoms with Crippen LogP contribution in [0.2, 0.25) is 0 Å². The van der Waals surface area contributed by atoms with Gasteiger partial charge in [0.15, 0.2) is 11.6 Å². The van der Waals surface area contributed by atoms with Gasteiger partial charge in [-0.25, -0.2) is 4.39 Å². The number of hydrogen-bond donors (Lipinski definition) is 0. The van der Waals surface area contributed by atoms with Crippen molar-refractivity contribution in [2.24, 2.45) is 4.99 Å². The molecule has 1 fully saturated rings. The summed E-state index contributed by atoms with van der Waals surface area (Å²) in [5.74, 6) is 2.80. The fraction of sp³-hybridized carbons (Fsp3) is 0.379. The second kappa shape index (κ2) is 11.4. The SMILES string of the molecule is C/C=C/CN1C2=CC(OCc3cc(C)c(Oc4ccc(C)nc4)c(F)c3)=N/C(=C/CC)N2CC1CC. The standard InChI is InChI=1S/C29H35FN4O2/c1-6-9-13-33-23(8-3)18-34-26(10-7-2)32-27(16-28(33)34)35-19-22-14-20(4)29(25(30)15-22)36-24-12-11-21(5)31-17-24/h6,9-12,14-17,23H,7-8,13,18-19H2,1-5H3/b9-6+,26-10-. The molecule has 0 radical (unpaired) electrons. The third-order valence-electron chi connectivity index (χ3n) is 6.33. The van der Waals surface area contributed by atoms with Gasteiger partial charge < -0.3 is 19.3 Å². The maximum absolute atomic E-state index is 15.0. The molecule has 190 valence electrons. The average molecular weight is 491 g/mol. The number of pyridine rings is 1. The summed E-state index contributed by atoms with van der Waals surface area (Å²) in [5, 5.41) is 0. The molecule has 7 heteroatoms. The van der Waals surface area contributed by atoms with Crippen LogP contribution in [0.5, 0.6) is 11.5 Å². The van der Waals surface area contributed by atoms with E-state index in [0.717, 1.165) is 43.3 Å². The van der Waals surface area contributed by atoms with Gasteiger partial charge in [0.2, 0.25) is 5.90 Å². The van der Waals surface area contributed by atoms with E-state index in [1.54, 1.807) is 12.3 Å². The predicted octanol–water partition coefficient (Wildman–Crippen LogP) is 6.62. The van der Waals surface area contributed by atoms with Crippen LogP contribution in [0, 0.1) is 19.7 Å². The van der Waals surface area contributed by atoms with E-state index in [1.807, 2.05) is 39.0 Å². The van der Waals surface area contributed by atoms with Gasteiger partial charge in [0.1, 0.15) is 24.0 Å². The number of allylic oxidation sites excluding steroid dienone is 2. The van der Waals surface area contributed by atoms with E-state index in [-0.39, 0.29) is 12.4 Å². The molecule has 2 aliphatic rings. The molecule has 0 N–H and O–H groups in total. The van der Waals surface area contributed by atoms with Crippen molar-refractivity contribution in [3.63, 3.8) is 0 Å². The lowest BCUT2D eigenvalue weighted by molar-refractivity contribution is 0.283. The Hall–Kier alpha value is -3.61. The molecule has 0 spiro atoms. The van der Waals surface area contributed by atoms with Crippen LogP contribution in [0.3, 0.4) is 0 Å². The van der Waals surface area contributed by atoms with Gasteiger partial charge in [-0.05, 0) is 75.1 Å². The largest absolute Gasteiger partial charge is 0.473 e. The van der Waals surface area contributed by atoms with Gasteiger partial charge in [0, 0.05) is 30.9 Å². The van der Waals surface area contributed by atoms with Crippen molar-refractivity contribution in [3.05, 3.63) is 89.0 Å². The van der Waals surface area contributed by atoms with Crippen molar-refractivity contribution in [2.75, 3.05) is 13.1 Å². The van der Waals surface area contributed by atoms with Gasteiger partial charge in [-0.3, -0.25) is 4.98 Å². The summed E-state index contributed by atoms with van der Waals surface area (Å²) in [6, 6.07) is 7.36. The van der Waals surface area contributed by atoms with Gasteiger partial charge in [-0.1, -0.05) is 26.0 Å². The number of aromatic nitrogens is 1. The number of nitrogens with zero attached hydrogens (tertiary/aromatic N) is 4. The van der Waals surface area contributed by atoms with Crippen molar-refractivity contribution in [1.82, 2.24) is 14.8 Å². The van der Waals surface area contributed by atoms with Gasteiger partial charge in [0.05, 0.1) is 6.20 Å². The first-order valence-corrected chi connectivity index (χ1v) is 12.6. The van der Waals surface area contributed by atoms with Crippen molar-refractivity contribution >= 4 is 5.90 Å². The van der Waals surface area contributed by atoms with Gasteiger partial charge in [-0.2, -0.15) is 4.99 Å². The van der Waals surface area contributed by atoms with Crippen LogP contribution in [0.1, 0.15) is 50.4 Å². The third-order valence-corrected chi connectivity index (χ3v) is 6.33. The summed E-state index contributed by atoms with van der Waals surface area (Å²) in [4.78, 5) is 13.6. The quantitative estimate of drug-likeness (QED) is 0.389. The molecule has 1 unspecified atom stereocenters. The number of fused-ring (bicyclic) bond motifs is 1. The lowest BCUT2D eigenvalue weighted by Gasteiger charge is -2.29. The minimum Gasteiger partial charge on any atom is -0.473 e. The van der Waals surface area contributed by atoms with Crippen LogP contribution in [0.15, 0.2) is 71.4 Å². The zero-order chi connectivity index (χ0) is 25.7. The summed E-state index contributed by atoms with van der Waals surface area (Å²) in [7, 11) is 0. The van der Waals surface area contributed by atoms with Gasteiger partial charge >= 0.3 is 0 Å². The Balaban J connectivity index is 1.52. The van der Waals surface area contributed by atoms with Crippen molar-refractivity contribution in [1.29, 1.82) is 0 Å². The first-order chi connectivity index (χ1) is 17.4. The van der Waals surface area contributed by atoms with E-state index in [1.165, 1.54) is 6.07 Å². The van der Waals surface area contributed by atoms with E-state index in [4.69, 9.17) is 14.5 Å². The Morgan fingerprint density at radius 3 is 2.69 bits per heavy atom. The molecular weight excluding hydrogens is 455 g/mol. The topological polar surface area (TPSA) is 50.2 Å². The molecule has 0 aliphatic carbocycles. The molecule has 2 aromatic rings. The Morgan fingerprint density at radius 1 is 1.19 bits per heavy atom. The smallest absolute Gasteiger partial charge is 0.219 e. The summed E-state index contributed by atoms with van der Waals surface area (Å²) >= 11 is 0. The Kier molecular flexibility index (Phi) is 8.08. The summed E-state index contributed by atoms with van der Waals surface area (Å²) in [5.41, 5.74) is 2.28. The minimum absolute atomic E-state index is 0.196. The van der Waals surface area contributed by atoms with Gasteiger partial charge in [-0.15, -0.1) is 0 Å². The lowest BCUT2D eigenvalue weighted by Crippen LogP contribution is -2.30. The number of ether oxygens (including phenoxy) is 2. The number of benzene rings is 1. The van der Waals surface area contributed by atoms with Crippen LogP contribution in [-0.4, -0.2) is 39.8 Å². The second-order valence-corrected chi connectivity index (χ2v) is 9.07. The molecule has 4 rings (SSSR count). The molecule has 36 heavy (non-hydrogen) atoms. The fourth-order valence-corrected chi connectivity index (χ4v) is 4.46. The fourth-order valence-electron chi connectivity index (χ4n) is 4.46. The molecule has 0 bridgehead atoms. The summed E-state index contributed by atoms with van der Waals surface area (Å²) < 4.78 is 26.8. The summed E-state index contributed by atoms with van der Waals surface area (Å²) in [6.07, 6.45) is 11.9. The third kappa shape index (κ3) is 5.61. The van der Waals surface area contributed by atoms with E-state index >= 15 is 0 Å². The first kappa shape index (κ1) is 25.5. The normalized spacial score (nSPS) is 18.5. The molecule has 0 amide bonds. The van der Waals surface area contributed by atoms with E-state index in [0.29, 0.717) is 28.8 Å². The number of rotatable bonds is 8. The Labute approximate surface area is 213 Å². The molecule has 1 aromatic carbocycles. The molecule has 6 nitrogen and oxygen atoms in total. The van der Waals surface area contributed by atoms with Crippen LogP contribution < -0.4 is 4.74 Å². The van der Waals surface area contributed by atoms with E-state index in [2.05, 4.69) is 46.9 Å². The molecule has 3 heterocycles. The molecular formula is C29H35FN4O2. The first-order valence-electron chi connectivity index (χ1n) is 12.6. The maximum atomic E-state index is 15.0. The van der Waals surface area contributed by atoms with Crippen LogP contribution in [0.4, 0.5) is 4.39 Å². The summed E-state index contributed by atoms with van der Waals surface area (Å²) in [6.45, 7) is 12.0. The van der Waals surface area contributed by atoms with Crippen LogP contribution in [0.25, 0.3) is 0 Å². The average Bonchev–Trinajstić information content (AvgIpc) is 3.22. The highest BCUT2D eigenvalue weighted by Crippen LogP contribution is 2.34. The lowest BCUT2D eigenvalue weighted by atomic mass is 10.1. The monoisotopic (exact) mass is 490 g/mol. The number of aliphatic imine (C=N–C) groups is 1. The van der Waals surface area contributed by atoms with Crippen molar-refractivity contribution in [3.8, 4) is 11.5 Å². The molecule has 1 saturated heterocycles. The minimum atomic E-state index is -0.435. The van der Waals surface area contributed by atoms with Crippen LogP contribution >= 0.6 is 0 Å². The van der Waals surface area contributed by atoms with Crippen LogP contribution in [-0.2, 0) is 11.3 Å². The highest BCUT2D eigenvalue weighted by molar-refractivity contribution is 5.90. The van der Waals surface area contributed by atoms with Gasteiger partial charge in [0.25, 0.3) is 0 Å².